The molecule has 0 aliphatic rings. The summed E-state index contributed by atoms with van der Waals surface area (Å²) in [4.78, 5) is 9.57. The highest BCUT2D eigenvalue weighted by Gasteiger charge is 2.20. The summed E-state index contributed by atoms with van der Waals surface area (Å²) in [6, 6.07) is 31.8. The van der Waals surface area contributed by atoms with Gasteiger partial charge in [0.2, 0.25) is 0 Å². The zero-order valence-electron chi connectivity index (χ0n) is 43.1. The number of nitrogens with zero attached hydrogens (tertiary/aromatic N) is 5. The number of rotatable bonds is 10. The lowest BCUT2D eigenvalue weighted by atomic mass is 9.88. The number of aromatic nitrogens is 5. The molecule has 4 aromatic heterocycles. The first-order valence-corrected chi connectivity index (χ1v) is 19.8. The lowest BCUT2D eigenvalue weighted by Gasteiger charge is -2.20. The summed E-state index contributed by atoms with van der Waals surface area (Å²) < 4.78 is 84.3. The van der Waals surface area contributed by atoms with E-state index in [-0.39, 0.29) is 16.5 Å². The normalized spacial score (nSPS) is 15.6. The highest BCUT2D eigenvalue weighted by atomic mass is 16.5. The summed E-state index contributed by atoms with van der Waals surface area (Å²) in [5, 5.41) is 2.13. The highest BCUT2D eigenvalue weighted by molar-refractivity contribution is 6.09. The van der Waals surface area contributed by atoms with Crippen molar-refractivity contribution in [3.8, 4) is 28.8 Å². The minimum atomic E-state index is -2.23. The van der Waals surface area contributed by atoms with Crippen LogP contribution in [0.3, 0.4) is 0 Å². The molecule has 0 bridgehead atoms. The maximum absolute atomic E-state index is 9.19. The first-order chi connectivity index (χ1) is 30.5. The largest absolute Gasteiger partial charge is 0.458 e. The van der Waals surface area contributed by atoms with Crippen LogP contribution in [0.25, 0.3) is 50.2 Å². The molecule has 8 rings (SSSR count). The van der Waals surface area contributed by atoms with Gasteiger partial charge in [0.15, 0.2) is 5.82 Å². The molecule has 0 N–H and O–H groups in total. The van der Waals surface area contributed by atoms with Gasteiger partial charge in [0, 0.05) is 46.3 Å². The van der Waals surface area contributed by atoms with Gasteiger partial charge < -0.3 is 4.74 Å². The SMILES string of the molecule is [2H]C(C)(C)C([2H])([2H])c1cc(-[n+]2[c-]n(-c3cc(Oc4ccc5c6ccccc6n(-c6cc(C(C)(C)C)ccn6)c5c4)ccn3)c3cc(C([2H])([2H])C(C)(C)C)ccc32)cc(C([2H])([2H])C([2H])(C)C)c1. The molecule has 4 heterocycles. The number of fused-ring (bicyclic) bond motifs is 4. The van der Waals surface area contributed by atoms with E-state index >= 15 is 0 Å². The Labute approximate surface area is 355 Å². The number of hydrogen-bond acceptors (Lipinski definition) is 3. The Hall–Kier alpha value is -5.75. The lowest BCUT2D eigenvalue weighted by molar-refractivity contribution is -0.572. The molecule has 0 fully saturated rings. The maximum atomic E-state index is 9.19. The van der Waals surface area contributed by atoms with Crippen LogP contribution in [0, 0.1) is 23.5 Å². The van der Waals surface area contributed by atoms with Gasteiger partial charge in [-0.15, -0.1) is 0 Å². The van der Waals surface area contributed by atoms with Crippen molar-refractivity contribution in [3.05, 3.63) is 144 Å². The molecular weight excluding hydrogens is 711 g/mol. The van der Waals surface area contributed by atoms with Gasteiger partial charge >= 0.3 is 0 Å². The number of imidazole rings is 1. The van der Waals surface area contributed by atoms with Crippen molar-refractivity contribution in [1.82, 2.24) is 19.1 Å². The molecule has 0 amide bonds. The molecular formula is C52H57N5O. The van der Waals surface area contributed by atoms with E-state index in [1.54, 1.807) is 57.8 Å². The minimum Gasteiger partial charge on any atom is -0.458 e. The van der Waals surface area contributed by atoms with Crippen LogP contribution in [-0.4, -0.2) is 19.1 Å². The summed E-state index contributed by atoms with van der Waals surface area (Å²) in [5.74, 6) is -0.977. The average molecular weight is 776 g/mol. The second-order valence-corrected chi connectivity index (χ2v) is 17.5. The van der Waals surface area contributed by atoms with E-state index in [9.17, 15) is 2.74 Å². The van der Waals surface area contributed by atoms with E-state index in [1.165, 1.54) is 33.8 Å². The summed E-state index contributed by atoms with van der Waals surface area (Å²) in [6.07, 6.45) is 0.643. The number of para-hydroxylation sites is 1. The van der Waals surface area contributed by atoms with Crippen molar-refractivity contribution in [2.75, 3.05) is 0 Å². The van der Waals surface area contributed by atoms with E-state index in [1.807, 2.05) is 51.2 Å². The van der Waals surface area contributed by atoms with Gasteiger partial charge in [0.25, 0.3) is 6.33 Å². The second kappa shape index (κ2) is 15.2. The van der Waals surface area contributed by atoms with Gasteiger partial charge in [0.1, 0.15) is 17.3 Å². The molecule has 8 aromatic rings. The van der Waals surface area contributed by atoms with E-state index in [0.717, 1.165) is 33.2 Å². The van der Waals surface area contributed by atoms with Crippen molar-refractivity contribution in [2.24, 2.45) is 17.2 Å². The van der Waals surface area contributed by atoms with Crippen LogP contribution in [0.5, 0.6) is 11.5 Å². The molecule has 0 saturated heterocycles. The number of hydrogen-bond donors (Lipinski definition) is 0. The van der Waals surface area contributed by atoms with Gasteiger partial charge in [-0.2, -0.15) is 0 Å². The zero-order chi connectivity index (χ0) is 48.2. The van der Waals surface area contributed by atoms with Crippen LogP contribution in [0.2, 0.25) is 0 Å². The summed E-state index contributed by atoms with van der Waals surface area (Å²) in [7, 11) is 0. The van der Waals surface area contributed by atoms with Gasteiger partial charge in [-0.05, 0) is 102 Å². The fourth-order valence-electron chi connectivity index (χ4n) is 7.43. The Morgan fingerprint density at radius 3 is 2.05 bits per heavy atom. The fraction of sp³-hybridized carbons (Fsp3) is 0.327. The molecule has 0 radical (unpaired) electrons. The van der Waals surface area contributed by atoms with Crippen LogP contribution >= 0.6 is 0 Å². The standard InChI is InChI=1S/C52H57N5O/c1-34(2)23-37-25-38(24-35(3)4)27-40(26-37)55-33-56(48-28-36(15-18-46(48)55)32-51(5,6)7)49-31-42(20-22-53-49)58-41-16-17-44-43-13-11-12-14-45(43)57(47(44)30-41)50-29-39(19-21-54-50)52(8,9)10/h11-22,25-31,34-35H,23-24,32H2,1-10H3/i23D2,24D2,32D2,34D,35D. The minimum absolute atomic E-state index is 0.0767. The number of ether oxygens (including phenoxy) is 1. The fourth-order valence-corrected chi connectivity index (χ4v) is 7.43. The third kappa shape index (κ3) is 8.16. The van der Waals surface area contributed by atoms with Crippen molar-refractivity contribution in [3.63, 3.8) is 0 Å². The molecule has 6 nitrogen and oxygen atoms in total. The number of pyridine rings is 2. The zero-order valence-corrected chi connectivity index (χ0v) is 35.1. The maximum Gasteiger partial charge on any atom is 0.271 e. The smallest absolute Gasteiger partial charge is 0.271 e. The third-order valence-electron chi connectivity index (χ3n) is 9.81. The van der Waals surface area contributed by atoms with Crippen LogP contribution in [0.1, 0.15) is 102 Å². The van der Waals surface area contributed by atoms with Crippen molar-refractivity contribution in [1.29, 1.82) is 0 Å². The van der Waals surface area contributed by atoms with E-state index in [4.69, 9.17) is 22.9 Å². The first-order valence-electron chi connectivity index (χ1n) is 23.8. The molecule has 0 atom stereocenters. The molecule has 296 valence electrons. The summed E-state index contributed by atoms with van der Waals surface area (Å²) >= 11 is 0. The summed E-state index contributed by atoms with van der Waals surface area (Å²) in [6.45, 7) is 18.0. The van der Waals surface area contributed by atoms with Crippen molar-refractivity contribution in [2.45, 2.75) is 93.8 Å². The molecule has 0 spiro atoms. The highest BCUT2D eigenvalue weighted by Crippen LogP contribution is 2.36. The third-order valence-corrected chi connectivity index (χ3v) is 9.81. The Morgan fingerprint density at radius 1 is 0.672 bits per heavy atom. The summed E-state index contributed by atoms with van der Waals surface area (Å²) in [5.41, 5.74) is 4.26. The predicted octanol–water partition coefficient (Wildman–Crippen LogP) is 12.7. The molecule has 0 aliphatic carbocycles. The Kier molecular flexibility index (Phi) is 7.96. The van der Waals surface area contributed by atoms with Gasteiger partial charge in [-0.1, -0.05) is 122 Å². The van der Waals surface area contributed by atoms with Crippen LogP contribution in [0.15, 0.2) is 116 Å². The molecule has 0 unspecified atom stereocenters. The van der Waals surface area contributed by atoms with E-state index in [2.05, 4.69) is 62.0 Å². The number of benzene rings is 4. The Bertz CT molecular complexity index is 3120. The van der Waals surface area contributed by atoms with Gasteiger partial charge in [0.05, 0.1) is 27.8 Å². The Balaban J connectivity index is 1.30. The molecule has 0 aliphatic heterocycles. The Morgan fingerprint density at radius 2 is 1.34 bits per heavy atom. The molecule has 6 heteroatoms. The average Bonchev–Trinajstić information content (AvgIpc) is 3.78. The molecule has 4 aromatic carbocycles. The topological polar surface area (TPSA) is 48.8 Å². The van der Waals surface area contributed by atoms with Crippen LogP contribution in [-0.2, 0) is 24.5 Å². The van der Waals surface area contributed by atoms with Crippen molar-refractivity contribution < 1.29 is 20.3 Å². The van der Waals surface area contributed by atoms with Crippen LogP contribution < -0.4 is 9.30 Å². The predicted molar refractivity (Wildman–Crippen MR) is 239 cm³/mol. The van der Waals surface area contributed by atoms with Crippen molar-refractivity contribution >= 4 is 32.8 Å². The second-order valence-electron chi connectivity index (χ2n) is 17.5. The van der Waals surface area contributed by atoms with Gasteiger partial charge in [-0.25, -0.2) is 4.98 Å². The quantitative estimate of drug-likeness (QED) is 0.103. The molecule has 58 heavy (non-hydrogen) atoms. The van der Waals surface area contributed by atoms with Crippen LogP contribution in [0.4, 0.5) is 0 Å². The van der Waals surface area contributed by atoms with E-state index in [0.29, 0.717) is 39.6 Å². The monoisotopic (exact) mass is 776 g/mol. The molecule has 0 saturated carbocycles. The van der Waals surface area contributed by atoms with E-state index < -0.39 is 36.3 Å². The first kappa shape index (κ1) is 30.3. The van der Waals surface area contributed by atoms with Gasteiger partial charge in [-0.3, -0.25) is 18.7 Å². The lowest BCUT2D eigenvalue weighted by Crippen LogP contribution is -2.30.